The van der Waals surface area contributed by atoms with Crippen LogP contribution in [0.2, 0.25) is 0 Å². The molecule has 1 aliphatic heterocycles. The SMILES string of the molecule is N[C@@H](Cc1ccccc1)C(=O)NCC1CCCOC1. The molecular weight excluding hydrogens is 240 g/mol. The van der Waals surface area contributed by atoms with Gasteiger partial charge in [-0.05, 0) is 30.7 Å². The standard InChI is InChI=1S/C15H22N2O2/c16-14(9-12-5-2-1-3-6-12)15(18)17-10-13-7-4-8-19-11-13/h1-3,5-6,13-14H,4,7-11,16H2,(H,17,18)/t13?,14-/m0/s1. The number of nitrogens with two attached hydrogens (primary N) is 1. The van der Waals surface area contributed by atoms with Crippen LogP contribution in [0.1, 0.15) is 18.4 Å². The highest BCUT2D eigenvalue weighted by Gasteiger charge is 2.18. The zero-order valence-electron chi connectivity index (χ0n) is 11.2. The first-order valence-corrected chi connectivity index (χ1v) is 6.90. The Morgan fingerprint density at radius 3 is 2.89 bits per heavy atom. The first-order valence-electron chi connectivity index (χ1n) is 6.90. The molecule has 2 rings (SSSR count). The number of ether oxygens (including phenoxy) is 1. The Labute approximate surface area is 114 Å². The number of amides is 1. The number of hydrogen-bond donors (Lipinski definition) is 2. The Morgan fingerprint density at radius 1 is 1.42 bits per heavy atom. The van der Waals surface area contributed by atoms with E-state index in [9.17, 15) is 4.79 Å². The Bertz CT molecular complexity index is 388. The third-order valence-corrected chi connectivity index (χ3v) is 3.45. The minimum absolute atomic E-state index is 0.0746. The zero-order chi connectivity index (χ0) is 13.5. The fraction of sp³-hybridized carbons (Fsp3) is 0.533. The van der Waals surface area contributed by atoms with E-state index in [1.807, 2.05) is 30.3 Å². The molecule has 0 aromatic heterocycles. The van der Waals surface area contributed by atoms with Gasteiger partial charge in [0.15, 0.2) is 0 Å². The second-order valence-corrected chi connectivity index (χ2v) is 5.12. The van der Waals surface area contributed by atoms with E-state index < -0.39 is 6.04 Å². The van der Waals surface area contributed by atoms with Crippen LogP contribution in [0.3, 0.4) is 0 Å². The molecule has 4 nitrogen and oxygen atoms in total. The van der Waals surface area contributed by atoms with Crippen molar-refractivity contribution >= 4 is 5.91 Å². The third-order valence-electron chi connectivity index (χ3n) is 3.45. The lowest BCUT2D eigenvalue weighted by Gasteiger charge is -2.23. The molecule has 104 valence electrons. The Balaban J connectivity index is 1.73. The number of hydrogen-bond acceptors (Lipinski definition) is 3. The monoisotopic (exact) mass is 262 g/mol. The summed E-state index contributed by atoms with van der Waals surface area (Å²) in [6.07, 6.45) is 2.78. The molecule has 0 saturated carbocycles. The molecule has 2 atom stereocenters. The van der Waals surface area contributed by atoms with Crippen LogP contribution < -0.4 is 11.1 Å². The van der Waals surface area contributed by atoms with E-state index in [0.717, 1.165) is 31.6 Å². The summed E-state index contributed by atoms with van der Waals surface area (Å²) in [5.41, 5.74) is 7.01. The molecule has 0 radical (unpaired) electrons. The molecule has 0 bridgehead atoms. The van der Waals surface area contributed by atoms with E-state index in [-0.39, 0.29) is 5.91 Å². The quantitative estimate of drug-likeness (QED) is 0.835. The fourth-order valence-electron chi connectivity index (χ4n) is 2.31. The number of rotatable bonds is 5. The van der Waals surface area contributed by atoms with Gasteiger partial charge in [-0.1, -0.05) is 30.3 Å². The van der Waals surface area contributed by atoms with Gasteiger partial charge in [0.25, 0.3) is 0 Å². The van der Waals surface area contributed by atoms with Crippen molar-refractivity contribution in [3.05, 3.63) is 35.9 Å². The van der Waals surface area contributed by atoms with Gasteiger partial charge in [0.1, 0.15) is 0 Å². The van der Waals surface area contributed by atoms with Crippen LogP contribution in [-0.4, -0.2) is 31.7 Å². The molecule has 4 heteroatoms. The fourth-order valence-corrected chi connectivity index (χ4v) is 2.31. The van der Waals surface area contributed by atoms with Gasteiger partial charge in [-0.3, -0.25) is 4.79 Å². The van der Waals surface area contributed by atoms with Crippen LogP contribution >= 0.6 is 0 Å². The molecule has 1 amide bonds. The summed E-state index contributed by atoms with van der Waals surface area (Å²) in [6.45, 7) is 2.26. The van der Waals surface area contributed by atoms with Crippen LogP contribution in [0, 0.1) is 5.92 Å². The van der Waals surface area contributed by atoms with Crippen LogP contribution in [0.25, 0.3) is 0 Å². The van der Waals surface area contributed by atoms with E-state index in [4.69, 9.17) is 10.5 Å². The van der Waals surface area contributed by atoms with E-state index >= 15 is 0 Å². The largest absolute Gasteiger partial charge is 0.381 e. The van der Waals surface area contributed by atoms with Crippen molar-refractivity contribution in [2.45, 2.75) is 25.3 Å². The molecule has 3 N–H and O–H groups in total. The second-order valence-electron chi connectivity index (χ2n) is 5.12. The zero-order valence-corrected chi connectivity index (χ0v) is 11.2. The first kappa shape index (κ1) is 14.0. The van der Waals surface area contributed by atoms with Crippen LogP contribution in [0.15, 0.2) is 30.3 Å². The number of carbonyl (C=O) groups excluding carboxylic acids is 1. The molecule has 1 aliphatic rings. The van der Waals surface area contributed by atoms with Crippen LogP contribution in [0.5, 0.6) is 0 Å². The minimum atomic E-state index is -0.480. The molecular formula is C15H22N2O2. The lowest BCUT2D eigenvalue weighted by atomic mass is 10.0. The van der Waals surface area contributed by atoms with Crippen molar-refractivity contribution < 1.29 is 9.53 Å². The summed E-state index contributed by atoms with van der Waals surface area (Å²) in [5, 5.41) is 2.93. The van der Waals surface area contributed by atoms with Crippen molar-refractivity contribution in [3.8, 4) is 0 Å². The van der Waals surface area contributed by atoms with Gasteiger partial charge in [0, 0.05) is 13.2 Å². The van der Waals surface area contributed by atoms with Crippen LogP contribution in [0.4, 0.5) is 0 Å². The van der Waals surface area contributed by atoms with Gasteiger partial charge in [0.05, 0.1) is 12.6 Å². The smallest absolute Gasteiger partial charge is 0.237 e. The Morgan fingerprint density at radius 2 is 2.21 bits per heavy atom. The minimum Gasteiger partial charge on any atom is -0.381 e. The van der Waals surface area contributed by atoms with Gasteiger partial charge in [-0.2, -0.15) is 0 Å². The summed E-state index contributed by atoms with van der Waals surface area (Å²) in [6, 6.07) is 9.37. The van der Waals surface area contributed by atoms with Crippen molar-refractivity contribution in [1.29, 1.82) is 0 Å². The average molecular weight is 262 g/mol. The molecule has 0 spiro atoms. The summed E-state index contributed by atoms with van der Waals surface area (Å²) >= 11 is 0. The molecule has 0 aliphatic carbocycles. The Kier molecular flexibility index (Phi) is 5.36. The summed E-state index contributed by atoms with van der Waals surface area (Å²) in [5.74, 6) is 0.357. The number of benzene rings is 1. The maximum Gasteiger partial charge on any atom is 0.237 e. The molecule has 1 fully saturated rings. The summed E-state index contributed by atoms with van der Waals surface area (Å²) in [7, 11) is 0. The first-order chi connectivity index (χ1) is 9.25. The van der Waals surface area contributed by atoms with Crippen molar-refractivity contribution in [2.75, 3.05) is 19.8 Å². The van der Waals surface area contributed by atoms with E-state index in [1.165, 1.54) is 0 Å². The van der Waals surface area contributed by atoms with E-state index in [2.05, 4.69) is 5.32 Å². The van der Waals surface area contributed by atoms with Gasteiger partial charge in [0.2, 0.25) is 5.91 Å². The van der Waals surface area contributed by atoms with E-state index in [0.29, 0.717) is 18.9 Å². The maximum absolute atomic E-state index is 11.9. The van der Waals surface area contributed by atoms with Crippen molar-refractivity contribution in [1.82, 2.24) is 5.32 Å². The molecule has 1 saturated heterocycles. The third kappa shape index (κ3) is 4.65. The highest BCUT2D eigenvalue weighted by molar-refractivity contribution is 5.81. The van der Waals surface area contributed by atoms with Gasteiger partial charge < -0.3 is 15.8 Å². The normalized spacial score (nSPS) is 20.8. The maximum atomic E-state index is 11.9. The molecule has 1 unspecified atom stereocenters. The second kappa shape index (κ2) is 7.26. The summed E-state index contributed by atoms with van der Waals surface area (Å²) < 4.78 is 5.39. The molecule has 19 heavy (non-hydrogen) atoms. The van der Waals surface area contributed by atoms with Crippen LogP contribution in [-0.2, 0) is 16.0 Å². The van der Waals surface area contributed by atoms with Crippen molar-refractivity contribution in [2.24, 2.45) is 11.7 Å². The van der Waals surface area contributed by atoms with Crippen molar-refractivity contribution in [3.63, 3.8) is 0 Å². The summed E-state index contributed by atoms with van der Waals surface area (Å²) in [4.78, 5) is 11.9. The number of nitrogens with one attached hydrogen (secondary N) is 1. The highest BCUT2D eigenvalue weighted by Crippen LogP contribution is 2.12. The highest BCUT2D eigenvalue weighted by atomic mass is 16.5. The van der Waals surface area contributed by atoms with Gasteiger partial charge in [-0.25, -0.2) is 0 Å². The average Bonchev–Trinajstić information content (AvgIpc) is 2.47. The topological polar surface area (TPSA) is 64.4 Å². The molecule has 1 heterocycles. The number of carbonyl (C=O) groups is 1. The predicted molar refractivity (Wildman–Crippen MR) is 74.7 cm³/mol. The lowest BCUT2D eigenvalue weighted by Crippen LogP contribution is -2.44. The predicted octanol–water partition coefficient (Wildman–Crippen LogP) is 1.10. The van der Waals surface area contributed by atoms with Gasteiger partial charge in [-0.15, -0.1) is 0 Å². The molecule has 1 aromatic carbocycles. The van der Waals surface area contributed by atoms with E-state index in [1.54, 1.807) is 0 Å². The lowest BCUT2D eigenvalue weighted by molar-refractivity contribution is -0.122. The Hall–Kier alpha value is -1.39. The van der Waals surface area contributed by atoms with Gasteiger partial charge >= 0.3 is 0 Å². The molecule has 1 aromatic rings.